The molecule has 0 aromatic heterocycles. The van der Waals surface area contributed by atoms with Gasteiger partial charge in [0.05, 0.1) is 4.90 Å². The van der Waals surface area contributed by atoms with Gasteiger partial charge >= 0.3 is 6.03 Å². The lowest BCUT2D eigenvalue weighted by atomic mass is 10.2. The number of amides is 2. The Bertz CT molecular complexity index is 1090. The summed E-state index contributed by atoms with van der Waals surface area (Å²) in [5, 5.41) is 2.76. The van der Waals surface area contributed by atoms with Crippen molar-refractivity contribution in [3.8, 4) is 0 Å². The van der Waals surface area contributed by atoms with E-state index in [9.17, 15) is 17.6 Å². The zero-order chi connectivity index (χ0) is 21.6. The highest BCUT2D eigenvalue weighted by molar-refractivity contribution is 7.89. The predicted octanol–water partition coefficient (Wildman–Crippen LogP) is 4.15. The van der Waals surface area contributed by atoms with E-state index in [-0.39, 0.29) is 18.0 Å². The zero-order valence-electron chi connectivity index (χ0n) is 16.4. The van der Waals surface area contributed by atoms with E-state index in [1.165, 1.54) is 41.3 Å². The Morgan fingerprint density at radius 3 is 2.20 bits per heavy atom. The molecule has 3 aromatic carbocycles. The third-order valence-corrected chi connectivity index (χ3v) is 5.84. The lowest BCUT2D eigenvalue weighted by Crippen LogP contribution is -2.41. The fourth-order valence-corrected chi connectivity index (χ4v) is 3.80. The van der Waals surface area contributed by atoms with Crippen molar-refractivity contribution in [2.24, 2.45) is 0 Å². The average Bonchev–Trinajstić information content (AvgIpc) is 2.73. The van der Waals surface area contributed by atoms with Gasteiger partial charge in [-0.05, 0) is 55.5 Å². The Morgan fingerprint density at radius 1 is 0.933 bits per heavy atom. The standard InChI is InChI=1S/C22H22FN3O3S/c1-17-7-13-21(14-8-17)30(28,29)24-15-16-26(20-11-9-18(23)10-12-20)22(27)25-19-5-3-2-4-6-19/h2-14,24H,15-16H2,1H3,(H,25,27). The zero-order valence-corrected chi connectivity index (χ0v) is 17.2. The minimum Gasteiger partial charge on any atom is -0.308 e. The molecule has 3 aromatic rings. The number of aryl methyl sites for hydroxylation is 1. The molecule has 0 saturated heterocycles. The van der Waals surface area contributed by atoms with Gasteiger partial charge in [0, 0.05) is 24.5 Å². The number of urea groups is 1. The number of nitrogens with zero attached hydrogens (tertiary/aromatic N) is 1. The number of sulfonamides is 1. The highest BCUT2D eigenvalue weighted by atomic mass is 32.2. The van der Waals surface area contributed by atoms with Crippen LogP contribution in [0.2, 0.25) is 0 Å². The number of carbonyl (C=O) groups excluding carboxylic acids is 1. The number of para-hydroxylation sites is 1. The first-order chi connectivity index (χ1) is 14.3. The second-order valence-electron chi connectivity index (χ2n) is 6.64. The van der Waals surface area contributed by atoms with Crippen LogP contribution in [0.4, 0.5) is 20.6 Å². The van der Waals surface area contributed by atoms with Crippen LogP contribution in [0.15, 0.2) is 83.8 Å². The molecule has 0 bridgehead atoms. The van der Waals surface area contributed by atoms with E-state index in [0.717, 1.165) is 5.56 Å². The van der Waals surface area contributed by atoms with E-state index in [1.54, 1.807) is 36.4 Å². The van der Waals surface area contributed by atoms with Crippen LogP contribution in [0, 0.1) is 12.7 Å². The van der Waals surface area contributed by atoms with Crippen LogP contribution < -0.4 is 14.9 Å². The van der Waals surface area contributed by atoms with Gasteiger partial charge in [-0.1, -0.05) is 35.9 Å². The van der Waals surface area contributed by atoms with Gasteiger partial charge in [0.25, 0.3) is 0 Å². The summed E-state index contributed by atoms with van der Waals surface area (Å²) in [6.07, 6.45) is 0. The maximum atomic E-state index is 13.3. The lowest BCUT2D eigenvalue weighted by Gasteiger charge is -2.23. The van der Waals surface area contributed by atoms with Crippen molar-refractivity contribution in [3.63, 3.8) is 0 Å². The van der Waals surface area contributed by atoms with Gasteiger partial charge in [0.15, 0.2) is 0 Å². The van der Waals surface area contributed by atoms with Crippen LogP contribution in [0.3, 0.4) is 0 Å². The molecule has 156 valence electrons. The van der Waals surface area contributed by atoms with Crippen molar-refractivity contribution in [2.45, 2.75) is 11.8 Å². The van der Waals surface area contributed by atoms with Crippen LogP contribution in [0.25, 0.3) is 0 Å². The minimum absolute atomic E-state index is 0.0181. The van der Waals surface area contributed by atoms with Crippen LogP contribution in [0.5, 0.6) is 0 Å². The summed E-state index contributed by atoms with van der Waals surface area (Å²) in [6.45, 7) is 1.90. The van der Waals surface area contributed by atoms with Gasteiger partial charge in [-0.2, -0.15) is 0 Å². The molecule has 0 aliphatic carbocycles. The first kappa shape index (κ1) is 21.5. The summed E-state index contributed by atoms with van der Waals surface area (Å²) in [6, 6.07) is 20.3. The fourth-order valence-electron chi connectivity index (χ4n) is 2.77. The van der Waals surface area contributed by atoms with Crippen molar-refractivity contribution < 1.29 is 17.6 Å². The number of benzene rings is 3. The van der Waals surface area contributed by atoms with Gasteiger partial charge in [-0.15, -0.1) is 0 Å². The van der Waals surface area contributed by atoms with Crippen LogP contribution >= 0.6 is 0 Å². The molecule has 0 heterocycles. The number of hydrogen-bond acceptors (Lipinski definition) is 3. The number of hydrogen-bond donors (Lipinski definition) is 2. The van der Waals surface area contributed by atoms with E-state index in [2.05, 4.69) is 10.0 Å². The largest absolute Gasteiger partial charge is 0.326 e. The Balaban J connectivity index is 1.73. The SMILES string of the molecule is Cc1ccc(S(=O)(=O)NCCN(C(=O)Nc2ccccc2)c2ccc(F)cc2)cc1. The monoisotopic (exact) mass is 427 g/mol. The molecule has 8 heteroatoms. The summed E-state index contributed by atoms with van der Waals surface area (Å²) < 4.78 is 40.8. The summed E-state index contributed by atoms with van der Waals surface area (Å²) in [4.78, 5) is 14.3. The van der Waals surface area contributed by atoms with Gasteiger partial charge in [-0.3, -0.25) is 4.90 Å². The van der Waals surface area contributed by atoms with Crippen molar-refractivity contribution in [2.75, 3.05) is 23.3 Å². The van der Waals surface area contributed by atoms with Crippen molar-refractivity contribution in [1.82, 2.24) is 4.72 Å². The maximum absolute atomic E-state index is 13.3. The van der Waals surface area contributed by atoms with Crippen LogP contribution in [0.1, 0.15) is 5.56 Å². The molecule has 0 aliphatic rings. The predicted molar refractivity (Wildman–Crippen MR) is 116 cm³/mol. The second kappa shape index (κ2) is 9.51. The maximum Gasteiger partial charge on any atom is 0.326 e. The molecule has 0 saturated carbocycles. The topological polar surface area (TPSA) is 78.5 Å². The normalized spacial score (nSPS) is 11.1. The molecule has 0 fully saturated rings. The quantitative estimate of drug-likeness (QED) is 0.595. The number of anilines is 2. The second-order valence-corrected chi connectivity index (χ2v) is 8.40. The molecule has 0 atom stereocenters. The number of carbonyl (C=O) groups is 1. The van der Waals surface area contributed by atoms with E-state index in [4.69, 9.17) is 0 Å². The molecule has 6 nitrogen and oxygen atoms in total. The molecule has 0 aliphatic heterocycles. The highest BCUT2D eigenvalue weighted by Gasteiger charge is 2.18. The van der Waals surface area contributed by atoms with E-state index in [1.807, 2.05) is 13.0 Å². The Hall–Kier alpha value is -3.23. The molecule has 2 amide bonds. The van der Waals surface area contributed by atoms with Crippen LogP contribution in [-0.2, 0) is 10.0 Å². The molecule has 3 rings (SSSR count). The van der Waals surface area contributed by atoms with Crippen molar-refractivity contribution >= 4 is 27.4 Å². The minimum atomic E-state index is -3.71. The summed E-state index contributed by atoms with van der Waals surface area (Å²) in [5.74, 6) is -0.428. The Kier molecular flexibility index (Phi) is 6.81. The first-order valence-corrected chi connectivity index (χ1v) is 10.8. The smallest absolute Gasteiger partial charge is 0.308 e. The summed E-state index contributed by atoms with van der Waals surface area (Å²) >= 11 is 0. The third kappa shape index (κ3) is 5.65. The molecule has 30 heavy (non-hydrogen) atoms. The van der Waals surface area contributed by atoms with Gasteiger partial charge in [0.2, 0.25) is 10.0 Å². The highest BCUT2D eigenvalue weighted by Crippen LogP contribution is 2.17. The third-order valence-electron chi connectivity index (χ3n) is 4.37. The van der Waals surface area contributed by atoms with E-state index in [0.29, 0.717) is 11.4 Å². The molecule has 2 N–H and O–H groups in total. The van der Waals surface area contributed by atoms with Crippen LogP contribution in [-0.4, -0.2) is 27.5 Å². The first-order valence-electron chi connectivity index (χ1n) is 9.31. The Labute approximate surface area is 175 Å². The summed E-state index contributed by atoms with van der Waals surface area (Å²) in [5.41, 5.74) is 1.99. The van der Waals surface area contributed by atoms with Crippen molar-refractivity contribution in [3.05, 3.63) is 90.2 Å². The van der Waals surface area contributed by atoms with Crippen molar-refractivity contribution in [1.29, 1.82) is 0 Å². The lowest BCUT2D eigenvalue weighted by molar-refractivity contribution is 0.257. The molecular formula is C22H22FN3O3S. The molecule has 0 unspecified atom stereocenters. The fraction of sp³-hybridized carbons (Fsp3) is 0.136. The number of nitrogens with one attached hydrogen (secondary N) is 2. The molecule has 0 radical (unpaired) electrons. The Morgan fingerprint density at radius 2 is 1.57 bits per heavy atom. The number of halogens is 1. The van der Waals surface area contributed by atoms with E-state index < -0.39 is 21.9 Å². The summed E-state index contributed by atoms with van der Waals surface area (Å²) in [7, 11) is -3.71. The van der Waals surface area contributed by atoms with Gasteiger partial charge < -0.3 is 5.32 Å². The van der Waals surface area contributed by atoms with Gasteiger partial charge in [0.1, 0.15) is 5.82 Å². The van der Waals surface area contributed by atoms with E-state index >= 15 is 0 Å². The number of rotatable bonds is 7. The molecule has 0 spiro atoms. The molecular weight excluding hydrogens is 405 g/mol. The average molecular weight is 428 g/mol. The van der Waals surface area contributed by atoms with Gasteiger partial charge in [-0.25, -0.2) is 22.3 Å².